The van der Waals surface area contributed by atoms with Gasteiger partial charge in [0, 0.05) is 17.0 Å². The van der Waals surface area contributed by atoms with Crippen molar-refractivity contribution in [3.63, 3.8) is 0 Å². The minimum atomic E-state index is 0.163. The predicted molar refractivity (Wildman–Crippen MR) is 44.0 cm³/mol. The first-order valence-corrected chi connectivity index (χ1v) is 4.07. The smallest absolute Gasteiger partial charge is 0.0257 e. The molecule has 0 heterocycles. The lowest BCUT2D eigenvalue weighted by Crippen LogP contribution is -2.20. The highest BCUT2D eigenvalue weighted by molar-refractivity contribution is 4.98. The van der Waals surface area contributed by atoms with Gasteiger partial charge >= 0.3 is 0 Å². The highest BCUT2D eigenvalue weighted by Gasteiger charge is 2.36. The van der Waals surface area contributed by atoms with E-state index >= 15 is 0 Å². The summed E-state index contributed by atoms with van der Waals surface area (Å²) >= 11 is 0. The standard InChI is InChI=1S/C7H14N4/c8-7(4-5-7)3-1-2-6-10-11-9/h1-6,8H2. The molecule has 0 saturated heterocycles. The summed E-state index contributed by atoms with van der Waals surface area (Å²) in [5.74, 6) is 0. The van der Waals surface area contributed by atoms with Crippen molar-refractivity contribution in [2.24, 2.45) is 10.8 Å². The quantitative estimate of drug-likeness (QED) is 0.279. The predicted octanol–water partition coefficient (Wildman–Crippen LogP) is 1.96. The van der Waals surface area contributed by atoms with Gasteiger partial charge in [-0.3, -0.25) is 0 Å². The molecular formula is C7H14N4. The van der Waals surface area contributed by atoms with Crippen LogP contribution in [0.15, 0.2) is 5.11 Å². The molecule has 1 rings (SSSR count). The maximum atomic E-state index is 7.97. The van der Waals surface area contributed by atoms with E-state index in [1.807, 2.05) is 0 Å². The van der Waals surface area contributed by atoms with E-state index in [9.17, 15) is 0 Å². The molecule has 4 heteroatoms. The zero-order valence-electron chi connectivity index (χ0n) is 6.66. The van der Waals surface area contributed by atoms with Gasteiger partial charge in [-0.2, -0.15) is 0 Å². The van der Waals surface area contributed by atoms with Crippen molar-refractivity contribution in [3.8, 4) is 0 Å². The van der Waals surface area contributed by atoms with Crippen molar-refractivity contribution in [1.82, 2.24) is 0 Å². The highest BCUT2D eigenvalue weighted by atomic mass is 15.1. The van der Waals surface area contributed by atoms with Crippen molar-refractivity contribution in [2.45, 2.75) is 37.6 Å². The number of nitrogens with two attached hydrogens (primary N) is 1. The van der Waals surface area contributed by atoms with Gasteiger partial charge < -0.3 is 5.73 Å². The molecule has 11 heavy (non-hydrogen) atoms. The molecule has 1 aliphatic carbocycles. The second kappa shape index (κ2) is 3.60. The van der Waals surface area contributed by atoms with E-state index in [2.05, 4.69) is 10.0 Å². The lowest BCUT2D eigenvalue weighted by molar-refractivity contribution is 0.559. The molecule has 0 aromatic rings. The van der Waals surface area contributed by atoms with Gasteiger partial charge in [0.15, 0.2) is 0 Å². The monoisotopic (exact) mass is 154 g/mol. The molecular weight excluding hydrogens is 140 g/mol. The molecule has 1 fully saturated rings. The average Bonchev–Trinajstić information content (AvgIpc) is 2.69. The van der Waals surface area contributed by atoms with E-state index in [0.29, 0.717) is 6.54 Å². The molecule has 2 N–H and O–H groups in total. The Bertz CT molecular complexity index is 167. The maximum absolute atomic E-state index is 7.97. The fourth-order valence-corrected chi connectivity index (χ4v) is 1.11. The molecule has 0 radical (unpaired) electrons. The van der Waals surface area contributed by atoms with Gasteiger partial charge in [0.05, 0.1) is 0 Å². The summed E-state index contributed by atoms with van der Waals surface area (Å²) in [4.78, 5) is 2.68. The van der Waals surface area contributed by atoms with Crippen LogP contribution in [0.3, 0.4) is 0 Å². The fraction of sp³-hybridized carbons (Fsp3) is 1.00. The van der Waals surface area contributed by atoms with Gasteiger partial charge in [0.1, 0.15) is 0 Å². The minimum absolute atomic E-state index is 0.163. The molecule has 0 spiro atoms. The van der Waals surface area contributed by atoms with Crippen LogP contribution in [0.1, 0.15) is 32.1 Å². The summed E-state index contributed by atoms with van der Waals surface area (Å²) < 4.78 is 0. The van der Waals surface area contributed by atoms with Crippen molar-refractivity contribution < 1.29 is 0 Å². The minimum Gasteiger partial charge on any atom is -0.325 e. The summed E-state index contributed by atoms with van der Waals surface area (Å²) in [7, 11) is 0. The van der Waals surface area contributed by atoms with Gasteiger partial charge in [-0.05, 0) is 31.2 Å². The Labute approximate surface area is 66.4 Å². The lowest BCUT2D eigenvalue weighted by atomic mass is 10.1. The molecule has 0 bridgehead atoms. The third-order valence-corrected chi connectivity index (χ3v) is 2.14. The molecule has 0 amide bonds. The molecule has 62 valence electrons. The van der Waals surface area contributed by atoms with Crippen LogP contribution in [0.25, 0.3) is 10.4 Å². The third-order valence-electron chi connectivity index (χ3n) is 2.14. The SMILES string of the molecule is [N-]=[N+]=NCCCCC1(N)CC1. The molecule has 0 aliphatic heterocycles. The van der Waals surface area contributed by atoms with Crippen LogP contribution in [-0.4, -0.2) is 12.1 Å². The van der Waals surface area contributed by atoms with Gasteiger partial charge in [-0.15, -0.1) is 0 Å². The molecule has 0 aromatic carbocycles. The summed E-state index contributed by atoms with van der Waals surface area (Å²) in [5, 5.41) is 3.45. The molecule has 0 atom stereocenters. The first kappa shape index (κ1) is 8.37. The van der Waals surface area contributed by atoms with E-state index in [4.69, 9.17) is 11.3 Å². The Morgan fingerprint density at radius 2 is 2.18 bits per heavy atom. The summed E-state index contributed by atoms with van der Waals surface area (Å²) in [6.45, 7) is 0.618. The lowest BCUT2D eigenvalue weighted by Gasteiger charge is -2.05. The number of unbranched alkanes of at least 4 members (excludes halogenated alkanes) is 1. The molecule has 4 nitrogen and oxygen atoms in total. The van der Waals surface area contributed by atoms with E-state index in [1.165, 1.54) is 12.8 Å². The first-order valence-electron chi connectivity index (χ1n) is 4.07. The summed E-state index contributed by atoms with van der Waals surface area (Å²) in [6.07, 6.45) is 5.51. The zero-order chi connectivity index (χ0) is 8.16. The van der Waals surface area contributed by atoms with Crippen LogP contribution in [0.4, 0.5) is 0 Å². The van der Waals surface area contributed by atoms with Crippen LogP contribution in [0.2, 0.25) is 0 Å². The second-order valence-corrected chi connectivity index (χ2v) is 3.27. The molecule has 1 saturated carbocycles. The third kappa shape index (κ3) is 3.25. The second-order valence-electron chi connectivity index (χ2n) is 3.27. The molecule has 0 unspecified atom stereocenters. The largest absolute Gasteiger partial charge is 0.325 e. The Morgan fingerprint density at radius 3 is 2.73 bits per heavy atom. The average molecular weight is 154 g/mol. The van der Waals surface area contributed by atoms with E-state index in [1.54, 1.807) is 0 Å². The number of nitrogens with zero attached hydrogens (tertiary/aromatic N) is 3. The van der Waals surface area contributed by atoms with Crippen LogP contribution < -0.4 is 5.73 Å². The van der Waals surface area contributed by atoms with Crippen molar-refractivity contribution >= 4 is 0 Å². The summed E-state index contributed by atoms with van der Waals surface area (Å²) in [5.41, 5.74) is 14.0. The Morgan fingerprint density at radius 1 is 1.45 bits per heavy atom. The van der Waals surface area contributed by atoms with Gasteiger partial charge in [-0.1, -0.05) is 11.5 Å². The Hall–Kier alpha value is -0.730. The van der Waals surface area contributed by atoms with Crippen LogP contribution >= 0.6 is 0 Å². The van der Waals surface area contributed by atoms with Crippen LogP contribution in [-0.2, 0) is 0 Å². The topological polar surface area (TPSA) is 74.8 Å². The van der Waals surface area contributed by atoms with Crippen LogP contribution in [0, 0.1) is 0 Å². The van der Waals surface area contributed by atoms with Crippen molar-refractivity contribution in [2.75, 3.05) is 6.54 Å². The highest BCUT2D eigenvalue weighted by Crippen LogP contribution is 2.36. The van der Waals surface area contributed by atoms with Gasteiger partial charge in [0.2, 0.25) is 0 Å². The van der Waals surface area contributed by atoms with Gasteiger partial charge in [0.25, 0.3) is 0 Å². The van der Waals surface area contributed by atoms with Crippen molar-refractivity contribution in [3.05, 3.63) is 10.4 Å². The van der Waals surface area contributed by atoms with E-state index < -0.39 is 0 Å². The Balaban J connectivity index is 1.92. The van der Waals surface area contributed by atoms with Crippen molar-refractivity contribution in [1.29, 1.82) is 0 Å². The number of hydrogen-bond acceptors (Lipinski definition) is 2. The normalized spacial score (nSPS) is 19.0. The fourth-order valence-electron chi connectivity index (χ4n) is 1.11. The molecule has 0 aromatic heterocycles. The Kier molecular flexibility index (Phi) is 2.74. The molecule has 1 aliphatic rings. The number of rotatable bonds is 5. The first-order chi connectivity index (χ1) is 5.27. The van der Waals surface area contributed by atoms with E-state index in [0.717, 1.165) is 19.3 Å². The number of azide groups is 1. The van der Waals surface area contributed by atoms with Crippen LogP contribution in [0.5, 0.6) is 0 Å². The zero-order valence-corrected chi connectivity index (χ0v) is 6.66. The number of hydrogen-bond donors (Lipinski definition) is 1. The maximum Gasteiger partial charge on any atom is 0.0257 e. The van der Waals surface area contributed by atoms with Gasteiger partial charge in [-0.25, -0.2) is 0 Å². The summed E-state index contributed by atoms with van der Waals surface area (Å²) in [6, 6.07) is 0. The van der Waals surface area contributed by atoms with E-state index in [-0.39, 0.29) is 5.54 Å².